The van der Waals surface area contributed by atoms with E-state index in [1.807, 2.05) is 24.4 Å². The Balaban J connectivity index is 2.60. The van der Waals surface area contributed by atoms with Gasteiger partial charge in [-0.3, -0.25) is 0 Å². The third kappa shape index (κ3) is 4.36. The van der Waals surface area contributed by atoms with Gasteiger partial charge in [-0.2, -0.15) is 17.4 Å². The molecule has 0 spiro atoms. The van der Waals surface area contributed by atoms with Crippen molar-refractivity contribution in [3.8, 4) is 0 Å². The predicted octanol–water partition coefficient (Wildman–Crippen LogP) is 0.924. The van der Waals surface area contributed by atoms with Crippen LogP contribution in [-0.4, -0.2) is 32.9 Å². The molecule has 0 aliphatic carbocycles. The fourth-order valence-electron chi connectivity index (χ4n) is 1.34. The Morgan fingerprint density at radius 3 is 2.82 bits per heavy atom. The molecule has 0 radical (unpaired) electrons. The second kappa shape index (κ2) is 6.46. The third-order valence-corrected chi connectivity index (χ3v) is 5.09. The van der Waals surface area contributed by atoms with Gasteiger partial charge in [-0.15, -0.1) is 11.3 Å². The number of hydrogen-bond acceptors (Lipinski definition) is 4. The summed E-state index contributed by atoms with van der Waals surface area (Å²) in [5, 5.41) is 1.93. The standard InChI is InChI=1S/C10H19N3O2S2/c1-9(10-5-3-8-16-10)12-17(14,15)13(2)7-4-6-11/h3,5,8-9,12H,4,6-7,11H2,1-2H3. The monoisotopic (exact) mass is 277 g/mol. The van der Waals surface area contributed by atoms with Gasteiger partial charge in [-0.25, -0.2) is 0 Å². The van der Waals surface area contributed by atoms with Crippen molar-refractivity contribution in [3.05, 3.63) is 22.4 Å². The predicted molar refractivity (Wildman–Crippen MR) is 71.1 cm³/mol. The second-order valence-corrected chi connectivity index (χ2v) is 6.61. The van der Waals surface area contributed by atoms with E-state index in [9.17, 15) is 8.42 Å². The highest BCUT2D eigenvalue weighted by Gasteiger charge is 2.20. The molecule has 1 rings (SSSR count). The lowest BCUT2D eigenvalue weighted by atomic mass is 10.3. The highest BCUT2D eigenvalue weighted by Crippen LogP contribution is 2.19. The molecular weight excluding hydrogens is 258 g/mol. The molecule has 0 aliphatic rings. The molecule has 5 nitrogen and oxygen atoms in total. The van der Waals surface area contributed by atoms with Crippen LogP contribution in [0, 0.1) is 0 Å². The van der Waals surface area contributed by atoms with Crippen molar-refractivity contribution < 1.29 is 8.42 Å². The van der Waals surface area contributed by atoms with Gasteiger partial charge in [0.25, 0.3) is 10.2 Å². The van der Waals surface area contributed by atoms with E-state index in [-0.39, 0.29) is 6.04 Å². The average Bonchev–Trinajstić information content (AvgIpc) is 2.78. The molecule has 0 bridgehead atoms. The van der Waals surface area contributed by atoms with E-state index in [4.69, 9.17) is 5.73 Å². The number of nitrogens with two attached hydrogens (primary N) is 1. The van der Waals surface area contributed by atoms with Crippen molar-refractivity contribution in [1.29, 1.82) is 0 Å². The zero-order valence-corrected chi connectivity index (χ0v) is 11.7. The largest absolute Gasteiger partial charge is 0.330 e. The smallest absolute Gasteiger partial charge is 0.279 e. The molecule has 0 aliphatic heterocycles. The van der Waals surface area contributed by atoms with Gasteiger partial charge in [0, 0.05) is 18.5 Å². The molecule has 1 atom stereocenters. The van der Waals surface area contributed by atoms with E-state index < -0.39 is 10.2 Å². The maximum absolute atomic E-state index is 11.9. The zero-order valence-electron chi connectivity index (χ0n) is 10.1. The van der Waals surface area contributed by atoms with E-state index in [2.05, 4.69) is 4.72 Å². The van der Waals surface area contributed by atoms with Crippen molar-refractivity contribution in [1.82, 2.24) is 9.03 Å². The van der Waals surface area contributed by atoms with Crippen molar-refractivity contribution in [3.63, 3.8) is 0 Å². The Kier molecular flexibility index (Phi) is 5.54. The Hall–Kier alpha value is -0.470. The van der Waals surface area contributed by atoms with E-state index in [1.54, 1.807) is 7.05 Å². The first kappa shape index (κ1) is 14.6. The van der Waals surface area contributed by atoms with Crippen molar-refractivity contribution in [2.75, 3.05) is 20.1 Å². The summed E-state index contributed by atoms with van der Waals surface area (Å²) in [5.74, 6) is 0. The normalized spacial score (nSPS) is 14.1. The summed E-state index contributed by atoms with van der Waals surface area (Å²) in [4.78, 5) is 1.00. The number of nitrogens with zero attached hydrogens (tertiary/aromatic N) is 1. The maximum atomic E-state index is 11.9. The van der Waals surface area contributed by atoms with Crippen LogP contribution in [0.5, 0.6) is 0 Å². The van der Waals surface area contributed by atoms with Gasteiger partial charge in [0.2, 0.25) is 0 Å². The first-order valence-electron chi connectivity index (χ1n) is 5.44. The van der Waals surface area contributed by atoms with Crippen LogP contribution in [0.4, 0.5) is 0 Å². The molecule has 98 valence electrons. The van der Waals surface area contributed by atoms with Crippen LogP contribution in [-0.2, 0) is 10.2 Å². The van der Waals surface area contributed by atoms with Gasteiger partial charge in [0.15, 0.2) is 0 Å². The molecule has 17 heavy (non-hydrogen) atoms. The molecule has 0 saturated heterocycles. The molecule has 1 aromatic rings. The lowest BCUT2D eigenvalue weighted by Crippen LogP contribution is -2.40. The lowest BCUT2D eigenvalue weighted by Gasteiger charge is -2.20. The zero-order chi connectivity index (χ0) is 12.9. The Morgan fingerprint density at radius 1 is 1.59 bits per heavy atom. The van der Waals surface area contributed by atoms with Crippen molar-refractivity contribution >= 4 is 21.5 Å². The average molecular weight is 277 g/mol. The van der Waals surface area contributed by atoms with Gasteiger partial charge in [-0.1, -0.05) is 6.07 Å². The maximum Gasteiger partial charge on any atom is 0.279 e. The molecule has 7 heteroatoms. The quantitative estimate of drug-likeness (QED) is 0.778. The minimum absolute atomic E-state index is 0.208. The van der Waals surface area contributed by atoms with E-state index in [0.717, 1.165) is 4.88 Å². The molecular formula is C10H19N3O2S2. The Bertz CT molecular complexity index is 417. The number of rotatable bonds is 7. The first-order valence-corrected chi connectivity index (χ1v) is 7.76. The van der Waals surface area contributed by atoms with Crippen molar-refractivity contribution in [2.45, 2.75) is 19.4 Å². The van der Waals surface area contributed by atoms with Crippen LogP contribution in [0.25, 0.3) is 0 Å². The minimum Gasteiger partial charge on any atom is -0.330 e. The minimum atomic E-state index is -3.42. The lowest BCUT2D eigenvalue weighted by molar-refractivity contribution is 0.446. The van der Waals surface area contributed by atoms with E-state index in [1.165, 1.54) is 15.6 Å². The molecule has 1 heterocycles. The number of thiophene rings is 1. The summed E-state index contributed by atoms with van der Waals surface area (Å²) in [6, 6.07) is 3.61. The SMILES string of the molecule is CC(NS(=O)(=O)N(C)CCCN)c1cccs1. The van der Waals surface area contributed by atoms with Gasteiger partial charge in [0.1, 0.15) is 0 Å². The Morgan fingerprint density at radius 2 is 2.29 bits per heavy atom. The van der Waals surface area contributed by atoms with Gasteiger partial charge >= 0.3 is 0 Å². The van der Waals surface area contributed by atoms with Gasteiger partial charge in [0.05, 0.1) is 6.04 Å². The fraction of sp³-hybridized carbons (Fsp3) is 0.600. The van der Waals surface area contributed by atoms with Crippen LogP contribution in [0.2, 0.25) is 0 Å². The van der Waals surface area contributed by atoms with Crippen LogP contribution >= 0.6 is 11.3 Å². The molecule has 0 aromatic carbocycles. The summed E-state index contributed by atoms with van der Waals surface area (Å²) in [5.41, 5.74) is 5.36. The van der Waals surface area contributed by atoms with Crippen LogP contribution in [0.1, 0.15) is 24.3 Å². The van der Waals surface area contributed by atoms with Crippen LogP contribution in [0.3, 0.4) is 0 Å². The number of nitrogens with one attached hydrogen (secondary N) is 1. The summed E-state index contributed by atoms with van der Waals surface area (Å²) in [6.07, 6.45) is 0.658. The third-order valence-electron chi connectivity index (χ3n) is 2.38. The fourth-order valence-corrected chi connectivity index (χ4v) is 3.28. The van der Waals surface area contributed by atoms with Crippen LogP contribution < -0.4 is 10.5 Å². The highest BCUT2D eigenvalue weighted by molar-refractivity contribution is 7.87. The molecule has 0 fully saturated rings. The summed E-state index contributed by atoms with van der Waals surface area (Å²) < 4.78 is 27.8. The summed E-state index contributed by atoms with van der Waals surface area (Å²) in [7, 11) is -1.87. The molecule has 1 unspecified atom stereocenters. The molecule has 0 saturated carbocycles. The second-order valence-electron chi connectivity index (χ2n) is 3.82. The van der Waals surface area contributed by atoms with Gasteiger partial charge in [-0.05, 0) is 31.3 Å². The van der Waals surface area contributed by atoms with Crippen molar-refractivity contribution in [2.24, 2.45) is 5.73 Å². The highest BCUT2D eigenvalue weighted by atomic mass is 32.2. The molecule has 3 N–H and O–H groups in total. The summed E-state index contributed by atoms with van der Waals surface area (Å²) in [6.45, 7) is 2.75. The first-order chi connectivity index (χ1) is 7.97. The Labute approximate surface area is 107 Å². The number of hydrogen-bond donors (Lipinski definition) is 2. The molecule has 1 aromatic heterocycles. The van der Waals surface area contributed by atoms with E-state index >= 15 is 0 Å². The van der Waals surface area contributed by atoms with E-state index in [0.29, 0.717) is 19.5 Å². The molecule has 0 amide bonds. The van der Waals surface area contributed by atoms with Gasteiger partial charge < -0.3 is 5.73 Å². The van der Waals surface area contributed by atoms with Crippen LogP contribution in [0.15, 0.2) is 17.5 Å². The topological polar surface area (TPSA) is 75.4 Å². The summed E-state index contributed by atoms with van der Waals surface area (Å²) >= 11 is 1.54.